The minimum atomic E-state index is -1.30. The average Bonchev–Trinajstić information content (AvgIpc) is 3.71. The van der Waals surface area contributed by atoms with Crippen LogP contribution in [0.3, 0.4) is 0 Å². The predicted molar refractivity (Wildman–Crippen MR) is 206 cm³/mol. The van der Waals surface area contributed by atoms with E-state index in [-0.39, 0.29) is 51.0 Å². The number of carbonyl (C=O) groups excluding carboxylic acids is 1. The zero-order valence-corrected chi connectivity index (χ0v) is 31.3. The van der Waals surface area contributed by atoms with Gasteiger partial charge in [-0.2, -0.15) is 0 Å². The van der Waals surface area contributed by atoms with Gasteiger partial charge < -0.3 is 29.6 Å². The molecular formula is C44H47F2N3O6. The van der Waals surface area contributed by atoms with Crippen LogP contribution in [-0.2, 0) is 20.8 Å². The fraction of sp³-hybridized carbons (Fsp3) is 0.318. The standard InChI is InChI=1S/C44H47F2N3O6/c1-44(2,3)41(40-23-30(36-24-31(45)17-18-38(36)46)26-49(40)25-29-11-5-4-6-12-29)48(28-54-22-21-50)20-19-39(42(51)52)47-43(53)55-27-37-34-15-9-7-13-32(34)33-14-8-10-16-35(33)37/h4-18,23-24,26,37,39,41,50H,19-22,25,27-28H2,1-3H3,(H,47,53)(H,51,52)/t39-,41-/m0/s1. The molecule has 1 aliphatic carbocycles. The van der Waals surface area contributed by atoms with Crippen molar-refractivity contribution < 1.29 is 38.1 Å². The van der Waals surface area contributed by atoms with Crippen molar-refractivity contribution in [1.82, 2.24) is 14.8 Å². The number of carboxylic acid groups (broad SMARTS) is 1. The van der Waals surface area contributed by atoms with Gasteiger partial charge in [0.1, 0.15) is 24.3 Å². The topological polar surface area (TPSA) is 113 Å². The Morgan fingerprint density at radius 1 is 0.891 bits per heavy atom. The van der Waals surface area contributed by atoms with E-state index in [2.05, 4.69) is 5.32 Å². The number of amides is 1. The Morgan fingerprint density at radius 2 is 1.55 bits per heavy atom. The zero-order valence-electron chi connectivity index (χ0n) is 31.3. The second kappa shape index (κ2) is 17.4. The largest absolute Gasteiger partial charge is 0.480 e. The van der Waals surface area contributed by atoms with Crippen molar-refractivity contribution in [2.24, 2.45) is 5.41 Å². The number of nitrogens with one attached hydrogen (secondary N) is 1. The van der Waals surface area contributed by atoms with E-state index in [4.69, 9.17) is 9.47 Å². The normalized spacial score (nSPS) is 13.7. The Labute approximate surface area is 320 Å². The molecule has 0 bridgehead atoms. The van der Waals surface area contributed by atoms with Crippen LogP contribution in [0.2, 0.25) is 0 Å². The van der Waals surface area contributed by atoms with Crippen molar-refractivity contribution in [3.63, 3.8) is 0 Å². The lowest BCUT2D eigenvalue weighted by Crippen LogP contribution is -2.46. The van der Waals surface area contributed by atoms with Crippen LogP contribution >= 0.6 is 0 Å². The number of aliphatic carboxylic acids is 1. The van der Waals surface area contributed by atoms with Crippen molar-refractivity contribution in [2.45, 2.75) is 51.7 Å². The molecule has 1 amide bonds. The molecule has 3 N–H and O–H groups in total. The number of rotatable bonds is 16. The Hall–Kier alpha value is -5.36. The van der Waals surface area contributed by atoms with Crippen molar-refractivity contribution in [2.75, 3.05) is 33.1 Å². The highest BCUT2D eigenvalue weighted by Gasteiger charge is 2.36. The molecule has 0 aliphatic heterocycles. The Bertz CT molecular complexity index is 2050. The van der Waals surface area contributed by atoms with Gasteiger partial charge in [0.05, 0.1) is 26.0 Å². The van der Waals surface area contributed by atoms with Crippen molar-refractivity contribution in [3.8, 4) is 22.3 Å². The molecule has 0 unspecified atom stereocenters. The molecule has 9 nitrogen and oxygen atoms in total. The summed E-state index contributed by atoms with van der Waals surface area (Å²) in [6, 6.07) is 29.1. The van der Waals surface area contributed by atoms with E-state index in [0.717, 1.165) is 45.6 Å². The number of hydrogen-bond acceptors (Lipinski definition) is 6. The first kappa shape index (κ1) is 39.3. The Balaban J connectivity index is 1.25. The Morgan fingerprint density at radius 3 is 2.18 bits per heavy atom. The number of halogens is 2. The van der Waals surface area contributed by atoms with Gasteiger partial charge in [-0.25, -0.2) is 18.4 Å². The Kier molecular flexibility index (Phi) is 12.4. The van der Waals surface area contributed by atoms with Crippen molar-refractivity contribution in [3.05, 3.63) is 143 Å². The number of aliphatic hydroxyl groups is 1. The number of aliphatic hydroxyl groups excluding tert-OH is 1. The molecule has 11 heteroatoms. The van der Waals surface area contributed by atoms with Gasteiger partial charge in [-0.3, -0.25) is 4.90 Å². The molecular weight excluding hydrogens is 704 g/mol. The minimum Gasteiger partial charge on any atom is -0.480 e. The SMILES string of the molecule is CC(C)(C)[C@H](c1cc(-c2cc(F)ccc2F)cn1Cc1ccccc1)N(CC[C@H](NC(=O)OCC1c2ccccc2-c2ccccc21)C(=O)O)COCCO. The lowest BCUT2D eigenvalue weighted by Gasteiger charge is -2.41. The molecule has 0 fully saturated rings. The molecule has 0 saturated carbocycles. The van der Waals surface area contributed by atoms with Crippen LogP contribution in [0.4, 0.5) is 13.6 Å². The van der Waals surface area contributed by atoms with E-state index in [1.807, 2.05) is 115 Å². The third kappa shape index (κ3) is 9.30. The number of carboxylic acids is 1. The lowest BCUT2D eigenvalue weighted by molar-refractivity contribution is -0.139. The maximum atomic E-state index is 15.2. The molecule has 1 aliphatic rings. The third-order valence-corrected chi connectivity index (χ3v) is 9.96. The highest BCUT2D eigenvalue weighted by Crippen LogP contribution is 2.45. The summed E-state index contributed by atoms with van der Waals surface area (Å²) in [5.41, 5.74) is 6.07. The quantitative estimate of drug-likeness (QED) is 0.0688. The summed E-state index contributed by atoms with van der Waals surface area (Å²) in [5, 5.41) is 22.4. The average molecular weight is 752 g/mol. The van der Waals surface area contributed by atoms with E-state index in [0.29, 0.717) is 12.1 Å². The van der Waals surface area contributed by atoms with Gasteiger partial charge >= 0.3 is 12.1 Å². The number of ether oxygens (including phenoxy) is 2. The molecule has 5 aromatic rings. The fourth-order valence-corrected chi connectivity index (χ4v) is 7.57. The second-order valence-electron chi connectivity index (χ2n) is 14.9. The summed E-state index contributed by atoms with van der Waals surface area (Å²) < 4.78 is 43.1. The first-order valence-corrected chi connectivity index (χ1v) is 18.4. The highest BCUT2D eigenvalue weighted by molar-refractivity contribution is 5.81. The summed E-state index contributed by atoms with van der Waals surface area (Å²) in [6.07, 6.45) is 0.937. The van der Waals surface area contributed by atoms with Gasteiger partial charge in [0.25, 0.3) is 0 Å². The summed E-state index contributed by atoms with van der Waals surface area (Å²) in [6.45, 7) is 6.53. The molecule has 1 heterocycles. The van der Waals surface area contributed by atoms with Crippen LogP contribution in [0, 0.1) is 17.0 Å². The summed E-state index contributed by atoms with van der Waals surface area (Å²) in [4.78, 5) is 27.7. The van der Waals surface area contributed by atoms with Crippen LogP contribution in [0.25, 0.3) is 22.3 Å². The molecule has 2 atom stereocenters. The van der Waals surface area contributed by atoms with E-state index in [1.54, 1.807) is 6.20 Å². The number of carbonyl (C=O) groups is 2. The van der Waals surface area contributed by atoms with E-state index < -0.39 is 41.2 Å². The molecule has 6 rings (SSSR count). The fourth-order valence-electron chi connectivity index (χ4n) is 7.57. The molecule has 0 saturated heterocycles. The van der Waals surface area contributed by atoms with Gasteiger partial charge in [-0.15, -0.1) is 0 Å². The van der Waals surface area contributed by atoms with Crippen LogP contribution in [0.1, 0.15) is 61.5 Å². The summed E-state index contributed by atoms with van der Waals surface area (Å²) in [5.74, 6) is -2.55. The first-order valence-electron chi connectivity index (χ1n) is 18.4. The van der Waals surface area contributed by atoms with Gasteiger partial charge in [0.2, 0.25) is 0 Å². The predicted octanol–water partition coefficient (Wildman–Crippen LogP) is 8.22. The number of aromatic nitrogens is 1. The van der Waals surface area contributed by atoms with Gasteiger partial charge in [-0.05, 0) is 63.9 Å². The number of alkyl carbamates (subject to hydrolysis) is 1. The number of hydrogen-bond donors (Lipinski definition) is 3. The molecule has 55 heavy (non-hydrogen) atoms. The highest BCUT2D eigenvalue weighted by atomic mass is 19.1. The monoisotopic (exact) mass is 751 g/mol. The van der Waals surface area contributed by atoms with Crippen molar-refractivity contribution in [1.29, 1.82) is 0 Å². The zero-order chi connectivity index (χ0) is 39.1. The van der Waals surface area contributed by atoms with E-state index in [9.17, 15) is 24.2 Å². The maximum Gasteiger partial charge on any atom is 0.407 e. The molecule has 0 spiro atoms. The van der Waals surface area contributed by atoms with E-state index in [1.165, 1.54) is 6.07 Å². The number of fused-ring (bicyclic) bond motifs is 3. The van der Waals surface area contributed by atoms with Crippen LogP contribution in [0.15, 0.2) is 109 Å². The van der Waals surface area contributed by atoms with Crippen LogP contribution in [0.5, 0.6) is 0 Å². The number of nitrogens with zero attached hydrogens (tertiary/aromatic N) is 2. The smallest absolute Gasteiger partial charge is 0.407 e. The van der Waals surface area contributed by atoms with Gasteiger partial charge in [0.15, 0.2) is 0 Å². The van der Waals surface area contributed by atoms with Gasteiger partial charge in [-0.1, -0.05) is 99.6 Å². The first-order chi connectivity index (χ1) is 26.4. The molecule has 4 aromatic carbocycles. The van der Waals surface area contributed by atoms with E-state index >= 15 is 4.39 Å². The summed E-state index contributed by atoms with van der Waals surface area (Å²) >= 11 is 0. The summed E-state index contributed by atoms with van der Waals surface area (Å²) in [7, 11) is 0. The molecule has 1 aromatic heterocycles. The van der Waals surface area contributed by atoms with Crippen LogP contribution < -0.4 is 5.32 Å². The molecule has 0 radical (unpaired) electrons. The third-order valence-electron chi connectivity index (χ3n) is 9.96. The second-order valence-corrected chi connectivity index (χ2v) is 14.9. The van der Waals surface area contributed by atoms with Crippen LogP contribution in [-0.4, -0.2) is 70.9 Å². The maximum absolute atomic E-state index is 15.2. The van der Waals surface area contributed by atoms with Crippen molar-refractivity contribution >= 4 is 12.1 Å². The van der Waals surface area contributed by atoms with Gasteiger partial charge in [0, 0.05) is 42.0 Å². The lowest BCUT2D eigenvalue weighted by atomic mass is 9.83. The number of benzene rings is 4. The molecule has 288 valence electrons. The minimum absolute atomic E-state index is 0.0138.